The van der Waals surface area contributed by atoms with Crippen LogP contribution in [-0.2, 0) is 16.0 Å². The van der Waals surface area contributed by atoms with Crippen LogP contribution in [0.5, 0.6) is 11.5 Å². The Morgan fingerprint density at radius 3 is 2.48 bits per heavy atom. The molecule has 0 amide bonds. The molecule has 0 spiro atoms. The lowest BCUT2D eigenvalue weighted by Gasteiger charge is -2.21. The first-order valence-electron chi connectivity index (χ1n) is 10.7. The molecule has 1 fully saturated rings. The standard InChI is InChI=1S/C27H30O4/c1-5-19-10-12-21(26(16-19)31-4)17-22-7-6-8-23(27(22)29)24(28)14-13-20-11-9-18(2)15-25(20)30-3/h9-17,23H,5-8H2,1-4H3/b14-13+,22-17+. The second-order valence-electron chi connectivity index (χ2n) is 7.89. The van der Waals surface area contributed by atoms with Gasteiger partial charge in [0.05, 0.1) is 20.1 Å². The SMILES string of the molecule is CCc1ccc(/C=C2\CCCC(C(=O)/C=C/c3ccc(C)cc3OC)C2=O)c(OC)c1. The monoisotopic (exact) mass is 418 g/mol. The summed E-state index contributed by atoms with van der Waals surface area (Å²) in [6.07, 6.45) is 8.11. The van der Waals surface area contributed by atoms with Crippen LogP contribution in [0.2, 0.25) is 0 Å². The van der Waals surface area contributed by atoms with Crippen molar-refractivity contribution in [3.63, 3.8) is 0 Å². The minimum atomic E-state index is -0.631. The summed E-state index contributed by atoms with van der Waals surface area (Å²) in [7, 11) is 3.24. The summed E-state index contributed by atoms with van der Waals surface area (Å²) in [6, 6.07) is 11.8. The lowest BCUT2D eigenvalue weighted by atomic mass is 9.80. The van der Waals surface area contributed by atoms with E-state index in [0.29, 0.717) is 24.2 Å². The van der Waals surface area contributed by atoms with Crippen molar-refractivity contribution < 1.29 is 19.1 Å². The van der Waals surface area contributed by atoms with Gasteiger partial charge in [0.1, 0.15) is 11.5 Å². The largest absolute Gasteiger partial charge is 0.496 e. The lowest BCUT2D eigenvalue weighted by molar-refractivity contribution is -0.129. The third-order valence-electron chi connectivity index (χ3n) is 5.77. The van der Waals surface area contributed by atoms with E-state index in [4.69, 9.17) is 9.47 Å². The van der Waals surface area contributed by atoms with E-state index in [2.05, 4.69) is 6.92 Å². The summed E-state index contributed by atoms with van der Waals surface area (Å²) in [5.41, 5.74) is 4.64. The Labute approximate surface area is 184 Å². The Balaban J connectivity index is 1.81. The number of methoxy groups -OCH3 is 2. The molecule has 2 aromatic rings. The molecule has 162 valence electrons. The highest BCUT2D eigenvalue weighted by Crippen LogP contribution is 2.31. The Kier molecular flexibility index (Phi) is 7.45. The molecule has 1 saturated carbocycles. The van der Waals surface area contributed by atoms with Crippen LogP contribution in [0.25, 0.3) is 12.2 Å². The molecule has 0 aliphatic heterocycles. The van der Waals surface area contributed by atoms with Gasteiger partial charge in [0.25, 0.3) is 0 Å². The number of carbonyl (C=O) groups is 2. The van der Waals surface area contributed by atoms with Crippen molar-refractivity contribution >= 4 is 23.7 Å². The smallest absolute Gasteiger partial charge is 0.169 e. The van der Waals surface area contributed by atoms with Crippen molar-refractivity contribution in [2.75, 3.05) is 14.2 Å². The van der Waals surface area contributed by atoms with Crippen LogP contribution in [0.3, 0.4) is 0 Å². The molecule has 0 heterocycles. The first-order valence-corrected chi connectivity index (χ1v) is 10.7. The predicted molar refractivity (Wildman–Crippen MR) is 124 cm³/mol. The number of carbonyl (C=O) groups excluding carboxylic acids is 2. The molecule has 1 unspecified atom stereocenters. The second-order valence-corrected chi connectivity index (χ2v) is 7.89. The van der Waals surface area contributed by atoms with E-state index >= 15 is 0 Å². The second kappa shape index (κ2) is 10.3. The van der Waals surface area contributed by atoms with Gasteiger partial charge in [-0.15, -0.1) is 0 Å². The Morgan fingerprint density at radius 2 is 1.77 bits per heavy atom. The summed E-state index contributed by atoms with van der Waals surface area (Å²) in [6.45, 7) is 4.08. The van der Waals surface area contributed by atoms with E-state index < -0.39 is 5.92 Å². The molecule has 4 heteroatoms. The maximum Gasteiger partial charge on any atom is 0.169 e. The number of ether oxygens (including phenoxy) is 2. The third kappa shape index (κ3) is 5.32. The number of hydrogen-bond acceptors (Lipinski definition) is 4. The Bertz CT molecular complexity index is 1030. The van der Waals surface area contributed by atoms with Gasteiger partial charge in [0, 0.05) is 11.1 Å². The quantitative estimate of drug-likeness (QED) is 0.433. The van der Waals surface area contributed by atoms with Gasteiger partial charge in [-0.2, -0.15) is 0 Å². The van der Waals surface area contributed by atoms with Crippen LogP contribution in [0.1, 0.15) is 48.4 Å². The maximum atomic E-state index is 13.1. The van der Waals surface area contributed by atoms with Gasteiger partial charge in [-0.1, -0.05) is 31.2 Å². The summed E-state index contributed by atoms with van der Waals surface area (Å²) in [5.74, 6) is 0.584. The fourth-order valence-corrected chi connectivity index (χ4v) is 3.92. The van der Waals surface area contributed by atoms with Crippen LogP contribution in [0, 0.1) is 12.8 Å². The summed E-state index contributed by atoms with van der Waals surface area (Å²) in [5, 5.41) is 0. The fourth-order valence-electron chi connectivity index (χ4n) is 3.92. The highest BCUT2D eigenvalue weighted by atomic mass is 16.5. The van der Waals surface area contributed by atoms with E-state index in [1.807, 2.05) is 49.4 Å². The summed E-state index contributed by atoms with van der Waals surface area (Å²) in [4.78, 5) is 25.9. The number of hydrogen-bond donors (Lipinski definition) is 0. The minimum Gasteiger partial charge on any atom is -0.496 e. The van der Waals surface area contributed by atoms with E-state index in [0.717, 1.165) is 35.3 Å². The van der Waals surface area contributed by atoms with Crippen molar-refractivity contribution in [1.29, 1.82) is 0 Å². The number of benzene rings is 2. The van der Waals surface area contributed by atoms with Gasteiger partial charge in [-0.3, -0.25) is 9.59 Å². The molecule has 0 radical (unpaired) electrons. The molecule has 0 saturated heterocycles. The zero-order valence-corrected chi connectivity index (χ0v) is 18.7. The highest BCUT2D eigenvalue weighted by molar-refractivity contribution is 6.16. The van der Waals surface area contributed by atoms with Gasteiger partial charge >= 0.3 is 0 Å². The van der Waals surface area contributed by atoms with Crippen LogP contribution in [0.4, 0.5) is 0 Å². The molecule has 31 heavy (non-hydrogen) atoms. The Morgan fingerprint density at radius 1 is 1.06 bits per heavy atom. The van der Waals surface area contributed by atoms with E-state index in [1.165, 1.54) is 11.6 Å². The van der Waals surface area contributed by atoms with Gasteiger partial charge < -0.3 is 9.47 Å². The molecule has 0 aromatic heterocycles. The van der Waals surface area contributed by atoms with E-state index in [1.54, 1.807) is 20.3 Å². The van der Waals surface area contributed by atoms with Gasteiger partial charge in [0.15, 0.2) is 11.6 Å². The van der Waals surface area contributed by atoms with Gasteiger partial charge in [-0.05, 0) is 79.7 Å². The van der Waals surface area contributed by atoms with Crippen molar-refractivity contribution in [3.8, 4) is 11.5 Å². The predicted octanol–water partition coefficient (Wildman–Crippen LogP) is 5.61. The molecule has 1 aliphatic rings. The molecule has 0 bridgehead atoms. The molecular formula is C27H30O4. The van der Waals surface area contributed by atoms with E-state index in [-0.39, 0.29) is 11.6 Å². The van der Waals surface area contributed by atoms with Crippen LogP contribution in [0.15, 0.2) is 48.0 Å². The average Bonchev–Trinajstić information content (AvgIpc) is 2.79. The first kappa shape index (κ1) is 22.5. The van der Waals surface area contributed by atoms with Crippen LogP contribution in [-0.4, -0.2) is 25.8 Å². The van der Waals surface area contributed by atoms with Crippen molar-refractivity contribution in [3.05, 3.63) is 70.3 Å². The van der Waals surface area contributed by atoms with E-state index in [9.17, 15) is 9.59 Å². The van der Waals surface area contributed by atoms with Crippen molar-refractivity contribution in [1.82, 2.24) is 0 Å². The van der Waals surface area contributed by atoms with Gasteiger partial charge in [-0.25, -0.2) is 0 Å². The van der Waals surface area contributed by atoms with Crippen molar-refractivity contribution in [2.24, 2.45) is 5.92 Å². The number of allylic oxidation sites excluding steroid dienone is 2. The number of Topliss-reactive ketones (excluding diaryl/α,β-unsaturated/α-hetero) is 1. The Hall–Kier alpha value is -3.14. The molecular weight excluding hydrogens is 388 g/mol. The molecule has 1 atom stereocenters. The first-order chi connectivity index (χ1) is 15.0. The fraction of sp³-hybridized carbons (Fsp3) is 0.333. The third-order valence-corrected chi connectivity index (χ3v) is 5.77. The number of aryl methyl sites for hydroxylation is 2. The highest BCUT2D eigenvalue weighted by Gasteiger charge is 2.31. The average molecular weight is 419 g/mol. The molecule has 3 rings (SSSR count). The topological polar surface area (TPSA) is 52.6 Å². The number of rotatable bonds is 7. The summed E-state index contributed by atoms with van der Waals surface area (Å²) >= 11 is 0. The molecule has 4 nitrogen and oxygen atoms in total. The van der Waals surface area contributed by atoms with Crippen LogP contribution >= 0.6 is 0 Å². The maximum absolute atomic E-state index is 13.1. The molecule has 2 aromatic carbocycles. The van der Waals surface area contributed by atoms with Crippen molar-refractivity contribution in [2.45, 2.75) is 39.5 Å². The molecule has 0 N–H and O–H groups in total. The lowest BCUT2D eigenvalue weighted by Crippen LogP contribution is -2.27. The zero-order chi connectivity index (χ0) is 22.4. The molecule has 1 aliphatic carbocycles. The van der Waals surface area contributed by atoms with Crippen LogP contribution < -0.4 is 9.47 Å². The van der Waals surface area contributed by atoms with Gasteiger partial charge in [0.2, 0.25) is 0 Å². The summed E-state index contributed by atoms with van der Waals surface area (Å²) < 4.78 is 10.9. The minimum absolute atomic E-state index is 0.0848. The number of ketones is 2. The normalized spacial score (nSPS) is 17.9. The zero-order valence-electron chi connectivity index (χ0n) is 18.7.